The Labute approximate surface area is 78.5 Å². The minimum Gasteiger partial charge on any atom is -0.465 e. The summed E-state index contributed by atoms with van der Waals surface area (Å²) in [4.78, 5) is 11.8. The van der Waals surface area contributed by atoms with Crippen LogP contribution in [0.4, 0.5) is 4.79 Å². The lowest BCUT2D eigenvalue weighted by atomic mass is 10.4. The Bertz CT molecular complexity index is 186. The van der Waals surface area contributed by atoms with E-state index in [1.807, 2.05) is 0 Å². The zero-order valence-electron chi connectivity index (χ0n) is 7.82. The normalized spacial score (nSPS) is 9.23. The topological polar surface area (TPSA) is 49.8 Å². The van der Waals surface area contributed by atoms with Crippen LogP contribution >= 0.6 is 0 Å². The van der Waals surface area contributed by atoms with E-state index < -0.39 is 6.09 Å². The smallest absolute Gasteiger partial charge is 0.407 e. The van der Waals surface area contributed by atoms with Crippen LogP contribution in [0.1, 0.15) is 13.3 Å². The molecule has 0 spiro atoms. The zero-order chi connectivity index (χ0) is 10.1. The van der Waals surface area contributed by atoms with E-state index in [-0.39, 0.29) is 0 Å². The monoisotopic (exact) mass is 185 g/mol. The van der Waals surface area contributed by atoms with Crippen LogP contribution in [-0.2, 0) is 4.74 Å². The third kappa shape index (κ3) is 6.00. The fourth-order valence-electron chi connectivity index (χ4n) is 0.878. The van der Waals surface area contributed by atoms with Gasteiger partial charge in [-0.2, -0.15) is 0 Å². The number of carbonyl (C=O) groups is 1. The molecule has 0 aromatic heterocycles. The van der Waals surface area contributed by atoms with E-state index in [2.05, 4.69) is 5.92 Å². The molecule has 0 heterocycles. The van der Waals surface area contributed by atoms with Gasteiger partial charge in [0.2, 0.25) is 0 Å². The number of ether oxygens (including phenoxy) is 1. The summed E-state index contributed by atoms with van der Waals surface area (Å²) in [6.45, 7) is 3.60. The van der Waals surface area contributed by atoms with Crippen molar-refractivity contribution in [1.82, 2.24) is 4.90 Å². The quantitative estimate of drug-likeness (QED) is 0.496. The maximum Gasteiger partial charge on any atom is 0.407 e. The van der Waals surface area contributed by atoms with Gasteiger partial charge in [0.05, 0.1) is 0 Å². The van der Waals surface area contributed by atoms with E-state index in [1.54, 1.807) is 6.92 Å². The molecule has 0 aliphatic carbocycles. The molecule has 0 aromatic carbocycles. The average molecular weight is 185 g/mol. The second-order valence-electron chi connectivity index (χ2n) is 2.47. The minimum absolute atomic E-state index is 0.291. The van der Waals surface area contributed by atoms with Crippen LogP contribution in [0.5, 0.6) is 0 Å². The Morgan fingerprint density at radius 1 is 1.69 bits per heavy atom. The highest BCUT2D eigenvalue weighted by Crippen LogP contribution is 1.92. The highest BCUT2D eigenvalue weighted by molar-refractivity contribution is 5.64. The van der Waals surface area contributed by atoms with E-state index in [4.69, 9.17) is 16.3 Å². The molecule has 0 aliphatic rings. The van der Waals surface area contributed by atoms with E-state index in [9.17, 15) is 4.79 Å². The predicted molar refractivity (Wildman–Crippen MR) is 49.5 cm³/mol. The van der Waals surface area contributed by atoms with Gasteiger partial charge in [-0.15, -0.1) is 6.42 Å². The van der Waals surface area contributed by atoms with Crippen molar-refractivity contribution < 1.29 is 14.6 Å². The van der Waals surface area contributed by atoms with Gasteiger partial charge in [-0.1, -0.05) is 5.92 Å². The standard InChI is InChI=1S/C9H15NO3/c1-3-7-13-8-5-6-10(4-2)9(11)12/h1H,4-8H2,2H3,(H,11,12). The molecule has 1 N–H and O–H groups in total. The van der Waals surface area contributed by atoms with Crippen LogP contribution in [0.25, 0.3) is 0 Å². The maximum absolute atomic E-state index is 10.5. The van der Waals surface area contributed by atoms with Gasteiger partial charge in [0, 0.05) is 19.7 Å². The third-order valence-electron chi connectivity index (χ3n) is 1.55. The number of nitrogens with zero attached hydrogens (tertiary/aromatic N) is 1. The second kappa shape index (κ2) is 7.44. The molecule has 4 nitrogen and oxygen atoms in total. The Hall–Kier alpha value is -1.21. The fraction of sp³-hybridized carbons (Fsp3) is 0.667. The summed E-state index contributed by atoms with van der Waals surface area (Å²) in [6, 6.07) is 0. The lowest BCUT2D eigenvalue weighted by molar-refractivity contribution is 0.129. The first kappa shape index (κ1) is 11.8. The first-order chi connectivity index (χ1) is 6.22. The molecule has 0 aliphatic heterocycles. The molecule has 0 radical (unpaired) electrons. The molecule has 0 saturated carbocycles. The largest absolute Gasteiger partial charge is 0.465 e. The van der Waals surface area contributed by atoms with Crippen molar-refractivity contribution in [2.24, 2.45) is 0 Å². The Morgan fingerprint density at radius 2 is 2.38 bits per heavy atom. The maximum atomic E-state index is 10.5. The highest BCUT2D eigenvalue weighted by atomic mass is 16.5. The predicted octanol–water partition coefficient (Wildman–Crippen LogP) is 1.03. The number of hydrogen-bond donors (Lipinski definition) is 1. The van der Waals surface area contributed by atoms with Crippen LogP contribution in [-0.4, -0.2) is 42.4 Å². The number of rotatable bonds is 6. The van der Waals surface area contributed by atoms with Gasteiger partial charge >= 0.3 is 6.09 Å². The minimum atomic E-state index is -0.889. The molecule has 74 valence electrons. The molecule has 13 heavy (non-hydrogen) atoms. The number of terminal acetylenes is 1. The summed E-state index contributed by atoms with van der Waals surface area (Å²) in [5, 5.41) is 8.63. The molecule has 0 unspecified atom stereocenters. The van der Waals surface area contributed by atoms with Crippen LogP contribution < -0.4 is 0 Å². The van der Waals surface area contributed by atoms with E-state index in [0.29, 0.717) is 32.7 Å². The highest BCUT2D eigenvalue weighted by Gasteiger charge is 2.07. The first-order valence-corrected chi connectivity index (χ1v) is 4.21. The third-order valence-corrected chi connectivity index (χ3v) is 1.55. The van der Waals surface area contributed by atoms with Crippen molar-refractivity contribution in [3.63, 3.8) is 0 Å². The van der Waals surface area contributed by atoms with Gasteiger partial charge in [-0.25, -0.2) is 4.79 Å². The van der Waals surface area contributed by atoms with Crippen molar-refractivity contribution in [3.05, 3.63) is 0 Å². The van der Waals surface area contributed by atoms with Gasteiger partial charge < -0.3 is 14.7 Å². The van der Waals surface area contributed by atoms with Gasteiger partial charge in [0.15, 0.2) is 0 Å². The van der Waals surface area contributed by atoms with Crippen molar-refractivity contribution in [1.29, 1.82) is 0 Å². The Morgan fingerprint density at radius 3 is 2.85 bits per heavy atom. The fourth-order valence-corrected chi connectivity index (χ4v) is 0.878. The molecule has 0 saturated heterocycles. The molecule has 0 aromatic rings. The van der Waals surface area contributed by atoms with Crippen LogP contribution in [0.2, 0.25) is 0 Å². The second-order valence-corrected chi connectivity index (χ2v) is 2.47. The summed E-state index contributed by atoms with van der Waals surface area (Å²) in [5.41, 5.74) is 0. The van der Waals surface area contributed by atoms with Crippen molar-refractivity contribution in [3.8, 4) is 12.3 Å². The molecule has 0 rings (SSSR count). The van der Waals surface area contributed by atoms with Crippen molar-refractivity contribution >= 4 is 6.09 Å². The summed E-state index contributed by atoms with van der Waals surface area (Å²) >= 11 is 0. The van der Waals surface area contributed by atoms with E-state index in [1.165, 1.54) is 4.90 Å². The van der Waals surface area contributed by atoms with E-state index >= 15 is 0 Å². The number of carboxylic acid groups (broad SMARTS) is 1. The number of amides is 1. The Kier molecular flexibility index (Phi) is 6.75. The summed E-state index contributed by atoms with van der Waals surface area (Å²) in [7, 11) is 0. The summed E-state index contributed by atoms with van der Waals surface area (Å²) < 4.78 is 5.00. The van der Waals surface area contributed by atoms with Crippen LogP contribution in [0, 0.1) is 12.3 Å². The molecule has 0 atom stereocenters. The van der Waals surface area contributed by atoms with Crippen molar-refractivity contribution in [2.75, 3.05) is 26.3 Å². The molecule has 4 heteroatoms. The summed E-state index contributed by atoms with van der Waals surface area (Å²) in [6.07, 6.45) is 4.76. The Balaban J connectivity index is 3.40. The molecular weight excluding hydrogens is 170 g/mol. The molecule has 1 amide bonds. The van der Waals surface area contributed by atoms with Gasteiger partial charge in [0.25, 0.3) is 0 Å². The molecule has 0 bridgehead atoms. The number of hydrogen-bond acceptors (Lipinski definition) is 2. The SMILES string of the molecule is C#CCOCCCN(CC)C(=O)O. The van der Waals surface area contributed by atoms with Crippen LogP contribution in [0.3, 0.4) is 0 Å². The lowest BCUT2D eigenvalue weighted by Gasteiger charge is -2.16. The first-order valence-electron chi connectivity index (χ1n) is 4.21. The molecule has 0 fully saturated rings. The van der Waals surface area contributed by atoms with Gasteiger partial charge in [-0.05, 0) is 13.3 Å². The van der Waals surface area contributed by atoms with Crippen molar-refractivity contribution in [2.45, 2.75) is 13.3 Å². The average Bonchev–Trinajstić information content (AvgIpc) is 2.10. The zero-order valence-corrected chi connectivity index (χ0v) is 7.82. The van der Waals surface area contributed by atoms with Crippen LogP contribution in [0.15, 0.2) is 0 Å². The molecular formula is C9H15NO3. The lowest BCUT2D eigenvalue weighted by Crippen LogP contribution is -2.30. The van der Waals surface area contributed by atoms with Gasteiger partial charge in [0.1, 0.15) is 6.61 Å². The van der Waals surface area contributed by atoms with Gasteiger partial charge in [-0.3, -0.25) is 0 Å². The van der Waals surface area contributed by atoms with E-state index in [0.717, 1.165) is 0 Å². The summed E-state index contributed by atoms with van der Waals surface area (Å²) in [5.74, 6) is 2.34.